The number of primary amides is 1. The molecule has 0 radical (unpaired) electrons. The van der Waals surface area contributed by atoms with Crippen LogP contribution in [0.1, 0.15) is 126 Å². The molecule has 13 nitrogen and oxygen atoms in total. The van der Waals surface area contributed by atoms with Crippen LogP contribution in [0.4, 0.5) is 4.39 Å². The van der Waals surface area contributed by atoms with E-state index in [1.54, 1.807) is 24.4 Å². The third kappa shape index (κ3) is 15.4. The summed E-state index contributed by atoms with van der Waals surface area (Å²) in [7, 11) is -7.45. The monoisotopic (exact) mass is 869 g/mol. The predicted octanol–water partition coefficient (Wildman–Crippen LogP) is 6.93. The van der Waals surface area contributed by atoms with E-state index in [-0.39, 0.29) is 34.1 Å². The van der Waals surface area contributed by atoms with Crippen molar-refractivity contribution < 1.29 is 40.7 Å². The second-order valence-corrected chi connectivity index (χ2v) is 18.2. The van der Waals surface area contributed by atoms with Crippen molar-refractivity contribution in [3.63, 3.8) is 0 Å². The van der Waals surface area contributed by atoms with Gasteiger partial charge in [-0.15, -0.1) is 0 Å². The summed E-state index contributed by atoms with van der Waals surface area (Å²) in [6.07, 6.45) is 11.2. The van der Waals surface area contributed by atoms with Gasteiger partial charge in [-0.05, 0) is 110 Å². The highest BCUT2D eigenvalue weighted by molar-refractivity contribution is 7.89. The van der Waals surface area contributed by atoms with E-state index in [0.717, 1.165) is 37.7 Å². The maximum Gasteiger partial charge on any atom is 0.245 e. The van der Waals surface area contributed by atoms with Gasteiger partial charge < -0.3 is 15.7 Å². The number of likely N-dealkylation sites (tertiary alicyclic amines) is 1. The highest BCUT2D eigenvalue weighted by Gasteiger charge is 2.30. The van der Waals surface area contributed by atoms with Gasteiger partial charge in [0.25, 0.3) is 0 Å². The van der Waals surface area contributed by atoms with Gasteiger partial charge in [-0.25, -0.2) is 30.7 Å². The lowest BCUT2D eigenvalue weighted by Gasteiger charge is -2.25. The molecular formula is C44H60FN5O8S2. The molecule has 1 fully saturated rings. The van der Waals surface area contributed by atoms with E-state index in [1.807, 2.05) is 11.8 Å². The Morgan fingerprint density at radius 1 is 0.783 bits per heavy atom. The number of nitrogens with two attached hydrogens (primary N) is 1. The van der Waals surface area contributed by atoms with Crippen molar-refractivity contribution in [2.75, 3.05) is 19.6 Å². The number of aromatic nitrogens is 1. The molecule has 2 heterocycles. The van der Waals surface area contributed by atoms with Crippen LogP contribution >= 0.6 is 0 Å². The van der Waals surface area contributed by atoms with Crippen molar-refractivity contribution in [1.82, 2.24) is 19.3 Å². The summed E-state index contributed by atoms with van der Waals surface area (Å²) < 4.78 is 69.9. The SMILES string of the molecule is CC(O)C(N)=O.CCCC.CCCCCNS(=O)(=O)c1ccc2cc(S(=O)(=O)NCCCCCC(=O)N3CCCC3c3cncc(C(=O)c4ccc(F)cc4)c3)ccc2c1. The number of benzene rings is 3. The van der Waals surface area contributed by atoms with Crippen molar-refractivity contribution in [1.29, 1.82) is 0 Å². The lowest BCUT2D eigenvalue weighted by Crippen LogP contribution is -2.30. The smallest absolute Gasteiger partial charge is 0.245 e. The predicted molar refractivity (Wildman–Crippen MR) is 232 cm³/mol. The number of nitrogens with zero attached hydrogens (tertiary/aromatic N) is 2. The molecule has 0 spiro atoms. The fourth-order valence-corrected chi connectivity index (χ4v) is 8.37. The fourth-order valence-electron chi connectivity index (χ4n) is 6.16. The van der Waals surface area contributed by atoms with Gasteiger partial charge in [0, 0.05) is 49.6 Å². The van der Waals surface area contributed by atoms with E-state index in [9.17, 15) is 35.6 Å². The molecule has 1 aliphatic rings. The van der Waals surface area contributed by atoms with Crippen LogP contribution in [0, 0.1) is 5.82 Å². The summed E-state index contributed by atoms with van der Waals surface area (Å²) in [5, 5.41) is 9.38. The number of hydrogen-bond acceptors (Lipinski definition) is 9. The molecule has 0 saturated carbocycles. The largest absolute Gasteiger partial charge is 0.384 e. The number of aliphatic hydroxyl groups excluding tert-OH is 1. The van der Waals surface area contributed by atoms with Crippen molar-refractivity contribution in [3.05, 3.63) is 102 Å². The van der Waals surface area contributed by atoms with Crippen LogP contribution < -0.4 is 15.2 Å². The van der Waals surface area contributed by atoms with Crippen LogP contribution in [0.5, 0.6) is 0 Å². The summed E-state index contributed by atoms with van der Waals surface area (Å²) >= 11 is 0. The number of aliphatic hydroxyl groups is 1. The lowest BCUT2D eigenvalue weighted by molar-refractivity contribution is -0.132. The standard InChI is InChI=1S/C37H43FN4O6S2.C4H10.C3H7NO2/c1-2-3-6-19-40-49(45,46)33-17-13-29-24-34(18-14-28(29)23-33)50(47,48)41-20-7-4-5-10-36(43)42-21-8-9-35(42)30-22-31(26-39-25-30)37(44)27-11-15-32(38)16-12-27;1-3-4-2;1-2(5)3(4)6/h11-18,22-26,35,40-41H,2-10,19-21H2,1H3;3-4H2,1-2H3;2,5H,1H3,(H2,4,6). The first kappa shape index (κ1) is 49.8. The van der Waals surface area contributed by atoms with Gasteiger partial charge in [0.2, 0.25) is 31.9 Å². The van der Waals surface area contributed by atoms with Gasteiger partial charge in [-0.2, -0.15) is 0 Å². The molecule has 5 rings (SSSR count). The van der Waals surface area contributed by atoms with Gasteiger partial charge in [-0.3, -0.25) is 19.4 Å². The molecular weight excluding hydrogens is 810 g/mol. The minimum atomic E-state index is -3.79. The minimum Gasteiger partial charge on any atom is -0.384 e. The topological polar surface area (TPSA) is 206 Å². The molecule has 0 aliphatic carbocycles. The normalized spacial score (nSPS) is 14.4. The zero-order valence-corrected chi connectivity index (χ0v) is 36.7. The number of pyridine rings is 1. The number of fused-ring (bicyclic) bond motifs is 1. The molecule has 4 aromatic rings. The number of hydrogen-bond donors (Lipinski definition) is 4. The minimum absolute atomic E-state index is 0.00254. The number of unbranched alkanes of at least 4 members (excludes halogenated alkanes) is 5. The number of ketones is 1. The van der Waals surface area contributed by atoms with Gasteiger partial charge in [0.15, 0.2) is 5.78 Å². The number of sulfonamides is 2. The molecule has 2 unspecified atom stereocenters. The molecule has 2 amide bonds. The fraction of sp³-hybridized carbons (Fsp3) is 0.455. The van der Waals surface area contributed by atoms with E-state index in [0.29, 0.717) is 60.7 Å². The molecule has 328 valence electrons. The van der Waals surface area contributed by atoms with Gasteiger partial charge in [-0.1, -0.05) is 65.0 Å². The first-order valence-corrected chi connectivity index (χ1v) is 23.6. The van der Waals surface area contributed by atoms with Crippen LogP contribution in [0.3, 0.4) is 0 Å². The molecule has 1 aromatic heterocycles. The number of carbonyl (C=O) groups excluding carboxylic acids is 3. The van der Waals surface area contributed by atoms with Crippen LogP contribution in [0.15, 0.2) is 88.9 Å². The van der Waals surface area contributed by atoms with Crippen LogP contribution in [-0.2, 0) is 29.6 Å². The van der Waals surface area contributed by atoms with Crippen molar-refractivity contribution in [2.24, 2.45) is 5.73 Å². The molecule has 0 bridgehead atoms. The zero-order valence-electron chi connectivity index (χ0n) is 35.0. The molecule has 1 aliphatic heterocycles. The molecule has 16 heteroatoms. The van der Waals surface area contributed by atoms with Crippen molar-refractivity contribution in [2.45, 2.75) is 120 Å². The van der Waals surface area contributed by atoms with Crippen LogP contribution in [-0.4, -0.2) is 75.2 Å². The number of halogens is 1. The van der Waals surface area contributed by atoms with E-state index in [1.165, 1.54) is 74.5 Å². The van der Waals surface area contributed by atoms with E-state index in [2.05, 4.69) is 34.0 Å². The molecule has 3 aromatic carbocycles. The Balaban J connectivity index is 0.000000860. The zero-order chi connectivity index (χ0) is 44.3. The summed E-state index contributed by atoms with van der Waals surface area (Å²) in [5.74, 6) is -1.37. The van der Waals surface area contributed by atoms with Gasteiger partial charge in [0.05, 0.1) is 15.8 Å². The molecule has 1 saturated heterocycles. The quantitative estimate of drug-likeness (QED) is 0.0569. The van der Waals surface area contributed by atoms with E-state index < -0.39 is 37.9 Å². The highest BCUT2D eigenvalue weighted by atomic mass is 32.2. The van der Waals surface area contributed by atoms with Crippen molar-refractivity contribution in [3.8, 4) is 0 Å². The maximum absolute atomic E-state index is 13.3. The Morgan fingerprint density at radius 2 is 1.33 bits per heavy atom. The van der Waals surface area contributed by atoms with Crippen LogP contribution in [0.25, 0.3) is 10.8 Å². The third-order valence-electron chi connectivity index (χ3n) is 9.83. The van der Waals surface area contributed by atoms with Gasteiger partial charge in [0.1, 0.15) is 11.9 Å². The number of rotatable bonds is 19. The average Bonchev–Trinajstić information content (AvgIpc) is 3.74. The van der Waals surface area contributed by atoms with E-state index >= 15 is 0 Å². The summed E-state index contributed by atoms with van der Waals surface area (Å²) in [5.41, 5.74) is 6.07. The first-order chi connectivity index (χ1) is 28.5. The Morgan fingerprint density at radius 3 is 1.85 bits per heavy atom. The Labute approximate surface area is 354 Å². The molecule has 2 atom stereocenters. The maximum atomic E-state index is 13.3. The molecule has 5 N–H and O–H groups in total. The van der Waals surface area contributed by atoms with Crippen LogP contribution in [0.2, 0.25) is 0 Å². The number of carbonyl (C=O) groups is 3. The molecule has 60 heavy (non-hydrogen) atoms. The Bertz CT molecular complexity index is 2230. The summed E-state index contributed by atoms with van der Waals surface area (Å²) in [6.45, 7) is 8.92. The lowest BCUT2D eigenvalue weighted by atomic mass is 10.00. The first-order valence-electron chi connectivity index (χ1n) is 20.6. The number of nitrogens with one attached hydrogen (secondary N) is 2. The Hall–Kier alpha value is -4.61. The van der Waals surface area contributed by atoms with E-state index in [4.69, 9.17) is 5.11 Å². The average molecular weight is 870 g/mol. The summed E-state index contributed by atoms with van der Waals surface area (Å²) in [6, 6.07) is 16.1. The highest BCUT2D eigenvalue weighted by Crippen LogP contribution is 2.33. The van der Waals surface area contributed by atoms with Crippen molar-refractivity contribution >= 4 is 48.4 Å². The van der Waals surface area contributed by atoms with Gasteiger partial charge >= 0.3 is 0 Å². The second kappa shape index (κ2) is 24.6. The third-order valence-corrected chi connectivity index (χ3v) is 12.8. The Kier molecular flexibility index (Phi) is 20.4. The second-order valence-electron chi connectivity index (χ2n) is 14.7. The number of amides is 2. The summed E-state index contributed by atoms with van der Waals surface area (Å²) in [4.78, 5) is 42.1.